The van der Waals surface area contributed by atoms with E-state index in [2.05, 4.69) is 10.3 Å². The van der Waals surface area contributed by atoms with E-state index in [4.69, 9.17) is 4.74 Å². The fourth-order valence-corrected chi connectivity index (χ4v) is 2.71. The maximum Gasteiger partial charge on any atom is 0.267 e. The van der Waals surface area contributed by atoms with E-state index in [-0.39, 0.29) is 30.3 Å². The third kappa shape index (κ3) is 4.11. The molecule has 8 heteroatoms. The van der Waals surface area contributed by atoms with Crippen molar-refractivity contribution in [3.05, 3.63) is 47.9 Å². The van der Waals surface area contributed by atoms with Gasteiger partial charge in [0.05, 0.1) is 11.9 Å². The number of aromatic nitrogens is 1. The lowest BCUT2D eigenvalue weighted by atomic mass is 10.0. The molecule has 1 aliphatic heterocycles. The molecule has 1 aromatic heterocycles. The molecule has 1 N–H and O–H groups in total. The van der Waals surface area contributed by atoms with Gasteiger partial charge >= 0.3 is 0 Å². The van der Waals surface area contributed by atoms with Gasteiger partial charge < -0.3 is 15.0 Å². The first kappa shape index (κ1) is 18.5. The van der Waals surface area contributed by atoms with Crippen LogP contribution < -0.4 is 15.0 Å². The molecule has 0 spiro atoms. The van der Waals surface area contributed by atoms with Crippen LogP contribution in [-0.4, -0.2) is 35.7 Å². The molecule has 2 amide bonds. The molecule has 3 rings (SSSR count). The number of pyridine rings is 1. The van der Waals surface area contributed by atoms with Crippen LogP contribution in [0.1, 0.15) is 30.1 Å². The highest BCUT2D eigenvalue weighted by molar-refractivity contribution is 6.03. The maximum absolute atomic E-state index is 12.8. The zero-order chi connectivity index (χ0) is 19.6. The van der Waals surface area contributed by atoms with Crippen molar-refractivity contribution < 1.29 is 23.5 Å². The van der Waals surface area contributed by atoms with Crippen LogP contribution in [0.3, 0.4) is 0 Å². The van der Waals surface area contributed by atoms with Crippen LogP contribution >= 0.6 is 0 Å². The average molecular weight is 371 g/mol. The molecule has 1 unspecified atom stereocenters. The number of anilines is 2. The monoisotopic (exact) mass is 371 g/mol. The second-order valence-electron chi connectivity index (χ2n) is 6.17. The summed E-state index contributed by atoms with van der Waals surface area (Å²) < 4.78 is 18.3. The molecule has 140 valence electrons. The summed E-state index contributed by atoms with van der Waals surface area (Å²) in [6.07, 6.45) is 0.361. The van der Waals surface area contributed by atoms with Crippen LogP contribution in [0.5, 0.6) is 5.75 Å². The van der Waals surface area contributed by atoms with Gasteiger partial charge in [0.15, 0.2) is 11.9 Å². The van der Waals surface area contributed by atoms with Gasteiger partial charge in [0.2, 0.25) is 5.91 Å². The second-order valence-corrected chi connectivity index (χ2v) is 6.17. The number of nitrogens with zero attached hydrogens (tertiary/aromatic N) is 2. The van der Waals surface area contributed by atoms with Gasteiger partial charge in [-0.05, 0) is 37.3 Å². The topological polar surface area (TPSA) is 88.6 Å². The van der Waals surface area contributed by atoms with Crippen molar-refractivity contribution in [1.82, 2.24) is 4.98 Å². The van der Waals surface area contributed by atoms with Crippen LogP contribution in [0, 0.1) is 5.82 Å². The van der Waals surface area contributed by atoms with Gasteiger partial charge in [0, 0.05) is 25.5 Å². The summed E-state index contributed by atoms with van der Waals surface area (Å²) in [5, 5.41) is 2.50. The Labute approximate surface area is 155 Å². The van der Waals surface area contributed by atoms with Gasteiger partial charge in [-0.1, -0.05) is 0 Å². The molecule has 1 atom stereocenters. The van der Waals surface area contributed by atoms with E-state index in [0.29, 0.717) is 17.0 Å². The Balaban J connectivity index is 1.62. The van der Waals surface area contributed by atoms with Crippen molar-refractivity contribution >= 4 is 29.1 Å². The molecular formula is C19H18FN3O4. The van der Waals surface area contributed by atoms with Gasteiger partial charge in [-0.15, -0.1) is 0 Å². The highest BCUT2D eigenvalue weighted by Crippen LogP contribution is 2.34. The number of hydrogen-bond acceptors (Lipinski definition) is 5. The summed E-state index contributed by atoms with van der Waals surface area (Å²) in [7, 11) is 1.62. The Hall–Kier alpha value is -3.29. The number of rotatable bonds is 5. The molecule has 1 aliphatic rings. The zero-order valence-corrected chi connectivity index (χ0v) is 14.9. The summed E-state index contributed by atoms with van der Waals surface area (Å²) in [5.74, 6) is -0.588. The number of ketones is 1. The van der Waals surface area contributed by atoms with Gasteiger partial charge in [-0.3, -0.25) is 14.4 Å². The van der Waals surface area contributed by atoms with E-state index in [1.807, 2.05) is 0 Å². The number of likely N-dealkylation sites (N-methyl/N-ethyl adjacent to an activating group) is 1. The van der Waals surface area contributed by atoms with E-state index >= 15 is 0 Å². The quantitative estimate of drug-likeness (QED) is 0.816. The molecule has 2 heterocycles. The maximum atomic E-state index is 12.8. The Morgan fingerprint density at radius 2 is 2.04 bits per heavy atom. The summed E-state index contributed by atoms with van der Waals surface area (Å²) >= 11 is 0. The summed E-state index contributed by atoms with van der Waals surface area (Å²) in [4.78, 5) is 41.5. The molecule has 27 heavy (non-hydrogen) atoms. The normalized spacial score (nSPS) is 15.7. The minimum Gasteiger partial charge on any atom is -0.479 e. The SMILES string of the molecule is CC1Oc2ccc(C(=O)CCC(=O)Nc3ccc(F)cn3)cc2N(C)C1=O. The lowest BCUT2D eigenvalue weighted by Gasteiger charge is -2.30. The Morgan fingerprint density at radius 1 is 1.26 bits per heavy atom. The summed E-state index contributed by atoms with van der Waals surface area (Å²) in [6.45, 7) is 1.66. The minimum absolute atomic E-state index is 0.0132. The molecule has 0 saturated heterocycles. The number of nitrogens with one attached hydrogen (secondary N) is 1. The molecule has 0 saturated carbocycles. The van der Waals surface area contributed by atoms with Crippen molar-refractivity contribution in [2.75, 3.05) is 17.3 Å². The van der Waals surface area contributed by atoms with Gasteiger partial charge in [-0.2, -0.15) is 0 Å². The molecule has 0 radical (unpaired) electrons. The number of hydrogen-bond donors (Lipinski definition) is 1. The average Bonchev–Trinajstić information content (AvgIpc) is 2.66. The third-order valence-corrected chi connectivity index (χ3v) is 4.20. The molecular weight excluding hydrogens is 353 g/mol. The number of Topliss-reactive ketones (excluding diaryl/α,β-unsaturated/α-hetero) is 1. The van der Waals surface area contributed by atoms with Crippen molar-refractivity contribution in [2.24, 2.45) is 0 Å². The van der Waals surface area contributed by atoms with E-state index in [0.717, 1.165) is 6.20 Å². The fourth-order valence-electron chi connectivity index (χ4n) is 2.71. The third-order valence-electron chi connectivity index (χ3n) is 4.20. The predicted molar refractivity (Wildman–Crippen MR) is 96.3 cm³/mol. The van der Waals surface area contributed by atoms with Crippen LogP contribution in [0.15, 0.2) is 36.5 Å². The summed E-state index contributed by atoms with van der Waals surface area (Å²) in [6, 6.07) is 7.36. The van der Waals surface area contributed by atoms with E-state index in [1.165, 1.54) is 17.0 Å². The van der Waals surface area contributed by atoms with E-state index in [1.54, 1.807) is 32.2 Å². The van der Waals surface area contributed by atoms with E-state index in [9.17, 15) is 18.8 Å². The predicted octanol–water partition coefficient (Wildman–Crippen LogP) is 2.57. The largest absolute Gasteiger partial charge is 0.479 e. The van der Waals surface area contributed by atoms with Crippen molar-refractivity contribution in [1.29, 1.82) is 0 Å². The fraction of sp³-hybridized carbons (Fsp3) is 0.263. The number of amides is 2. The molecule has 1 aromatic carbocycles. The number of carbonyl (C=O) groups is 3. The first-order valence-electron chi connectivity index (χ1n) is 8.38. The first-order valence-corrected chi connectivity index (χ1v) is 8.38. The molecule has 0 aliphatic carbocycles. The minimum atomic E-state index is -0.576. The highest BCUT2D eigenvalue weighted by Gasteiger charge is 2.29. The highest BCUT2D eigenvalue weighted by atomic mass is 19.1. The molecule has 7 nitrogen and oxygen atoms in total. The van der Waals surface area contributed by atoms with Crippen LogP contribution in [0.2, 0.25) is 0 Å². The van der Waals surface area contributed by atoms with Crippen LogP contribution in [-0.2, 0) is 9.59 Å². The number of fused-ring (bicyclic) bond motifs is 1. The number of halogens is 1. The number of ether oxygens (including phenoxy) is 1. The molecule has 0 bridgehead atoms. The zero-order valence-electron chi connectivity index (χ0n) is 14.9. The summed E-state index contributed by atoms with van der Waals surface area (Å²) in [5.41, 5.74) is 0.906. The second kappa shape index (κ2) is 7.53. The van der Waals surface area contributed by atoms with E-state index < -0.39 is 17.8 Å². The van der Waals surface area contributed by atoms with Crippen molar-refractivity contribution in [3.8, 4) is 5.75 Å². The Kier molecular flexibility index (Phi) is 5.16. The Morgan fingerprint density at radius 3 is 2.74 bits per heavy atom. The number of benzene rings is 1. The molecule has 0 fully saturated rings. The van der Waals surface area contributed by atoms with Gasteiger partial charge in [-0.25, -0.2) is 9.37 Å². The lowest BCUT2D eigenvalue weighted by Crippen LogP contribution is -2.42. The van der Waals surface area contributed by atoms with Crippen molar-refractivity contribution in [2.45, 2.75) is 25.9 Å². The molecule has 2 aromatic rings. The lowest BCUT2D eigenvalue weighted by molar-refractivity contribution is -0.125. The van der Waals surface area contributed by atoms with Crippen LogP contribution in [0.25, 0.3) is 0 Å². The van der Waals surface area contributed by atoms with Gasteiger partial charge in [0.1, 0.15) is 17.4 Å². The van der Waals surface area contributed by atoms with Crippen molar-refractivity contribution in [3.63, 3.8) is 0 Å². The van der Waals surface area contributed by atoms with Crippen LogP contribution in [0.4, 0.5) is 15.9 Å². The standard InChI is InChI=1S/C19H18FN3O4/c1-11-19(26)23(2)14-9-12(3-6-16(14)27-11)15(24)5-8-18(25)22-17-7-4-13(20)10-21-17/h3-4,6-7,9-11H,5,8H2,1-2H3,(H,21,22,25). The van der Waals surface area contributed by atoms with Gasteiger partial charge in [0.25, 0.3) is 5.91 Å². The Bertz CT molecular complexity index is 898. The first-order chi connectivity index (χ1) is 12.8. The smallest absolute Gasteiger partial charge is 0.267 e. The number of carbonyl (C=O) groups excluding carboxylic acids is 3.